The fraction of sp³-hybridized carbons (Fsp3) is 0.429. The predicted molar refractivity (Wildman–Crippen MR) is 55.6 cm³/mol. The topological polar surface area (TPSA) is 75.6 Å². The van der Waals surface area contributed by atoms with E-state index < -0.39 is 21.9 Å². The van der Waals surface area contributed by atoms with Crippen molar-refractivity contribution >= 4 is 46.7 Å². The molecule has 0 aliphatic carbocycles. The molecular weight excluding hydrogens is 268 g/mol. The van der Waals surface area contributed by atoms with Crippen LogP contribution in [-0.2, 0) is 14.3 Å². The van der Waals surface area contributed by atoms with Crippen molar-refractivity contribution in [3.63, 3.8) is 0 Å². The van der Waals surface area contributed by atoms with E-state index >= 15 is 0 Å². The summed E-state index contributed by atoms with van der Waals surface area (Å²) in [5.41, 5.74) is 0. The number of esters is 1. The first-order chi connectivity index (χ1) is 6.77. The van der Waals surface area contributed by atoms with Crippen molar-refractivity contribution in [1.29, 1.82) is 0 Å². The van der Waals surface area contributed by atoms with Gasteiger partial charge in [0.2, 0.25) is 9.70 Å². The lowest BCUT2D eigenvalue weighted by Crippen LogP contribution is -2.42. The van der Waals surface area contributed by atoms with Crippen molar-refractivity contribution < 1.29 is 19.4 Å². The molecule has 0 aromatic carbocycles. The highest BCUT2D eigenvalue weighted by molar-refractivity contribution is 6.68. The van der Waals surface area contributed by atoms with E-state index in [2.05, 4.69) is 4.74 Å². The van der Waals surface area contributed by atoms with Crippen molar-refractivity contribution in [2.45, 2.75) is 10.0 Å². The SMILES string of the molecule is COC(=O)/C=C\C(=O)N[C@@H](O)C(Cl)(Cl)Cl. The van der Waals surface area contributed by atoms with Gasteiger partial charge in [-0.2, -0.15) is 0 Å². The van der Waals surface area contributed by atoms with Crippen molar-refractivity contribution in [2.75, 3.05) is 7.11 Å². The summed E-state index contributed by atoms with van der Waals surface area (Å²) in [7, 11) is 1.15. The van der Waals surface area contributed by atoms with E-state index in [-0.39, 0.29) is 0 Å². The van der Waals surface area contributed by atoms with Gasteiger partial charge in [-0.05, 0) is 0 Å². The van der Waals surface area contributed by atoms with Crippen LogP contribution < -0.4 is 5.32 Å². The molecule has 0 saturated heterocycles. The summed E-state index contributed by atoms with van der Waals surface area (Å²) >= 11 is 15.8. The largest absolute Gasteiger partial charge is 0.466 e. The van der Waals surface area contributed by atoms with Gasteiger partial charge in [-0.3, -0.25) is 4.79 Å². The predicted octanol–water partition coefficient (Wildman–Crippen LogP) is 0.520. The van der Waals surface area contributed by atoms with Gasteiger partial charge in [0.1, 0.15) is 0 Å². The molecule has 0 aliphatic heterocycles. The molecule has 0 radical (unpaired) electrons. The summed E-state index contributed by atoms with van der Waals surface area (Å²) in [6, 6.07) is 0. The number of aliphatic hydroxyl groups excluding tert-OH is 1. The Kier molecular flexibility index (Phi) is 5.97. The van der Waals surface area contributed by atoms with E-state index in [0.717, 1.165) is 19.3 Å². The second kappa shape index (κ2) is 6.17. The molecule has 0 aromatic rings. The number of ether oxygens (including phenoxy) is 1. The monoisotopic (exact) mass is 275 g/mol. The third kappa shape index (κ3) is 6.57. The van der Waals surface area contributed by atoms with Crippen LogP contribution in [0.1, 0.15) is 0 Å². The third-order valence-corrected chi connectivity index (χ3v) is 1.78. The third-order valence-electron chi connectivity index (χ3n) is 1.16. The van der Waals surface area contributed by atoms with Crippen LogP contribution in [0.25, 0.3) is 0 Å². The van der Waals surface area contributed by atoms with E-state index in [4.69, 9.17) is 39.9 Å². The molecule has 5 nitrogen and oxygen atoms in total. The first kappa shape index (κ1) is 14.5. The van der Waals surface area contributed by atoms with Crippen LogP contribution in [0.15, 0.2) is 12.2 Å². The molecule has 0 heterocycles. The van der Waals surface area contributed by atoms with E-state index in [1.165, 1.54) is 0 Å². The number of rotatable bonds is 3. The first-order valence-electron chi connectivity index (χ1n) is 3.58. The number of halogens is 3. The smallest absolute Gasteiger partial charge is 0.330 e. The zero-order valence-electron chi connectivity index (χ0n) is 7.54. The lowest BCUT2D eigenvalue weighted by atomic mass is 10.4. The molecule has 0 fully saturated rings. The van der Waals surface area contributed by atoms with Gasteiger partial charge in [-0.1, -0.05) is 34.8 Å². The van der Waals surface area contributed by atoms with Gasteiger partial charge in [0.15, 0.2) is 6.23 Å². The summed E-state index contributed by atoms with van der Waals surface area (Å²) in [6.07, 6.45) is 0.0311. The number of methoxy groups -OCH3 is 1. The van der Waals surface area contributed by atoms with E-state index in [9.17, 15) is 9.59 Å². The van der Waals surface area contributed by atoms with E-state index in [0.29, 0.717) is 0 Å². The average molecular weight is 277 g/mol. The van der Waals surface area contributed by atoms with Gasteiger partial charge in [0.25, 0.3) is 0 Å². The van der Waals surface area contributed by atoms with Crippen LogP contribution in [0.5, 0.6) is 0 Å². The molecule has 2 N–H and O–H groups in total. The molecule has 0 saturated carbocycles. The molecule has 0 unspecified atom stereocenters. The molecule has 1 amide bonds. The Morgan fingerprint density at radius 1 is 1.40 bits per heavy atom. The molecule has 0 rings (SSSR count). The van der Waals surface area contributed by atoms with Crippen molar-refractivity contribution in [3.05, 3.63) is 12.2 Å². The van der Waals surface area contributed by atoms with Gasteiger partial charge in [-0.25, -0.2) is 4.79 Å². The van der Waals surface area contributed by atoms with Crippen molar-refractivity contribution in [2.24, 2.45) is 0 Å². The number of carbonyl (C=O) groups is 2. The number of amides is 1. The van der Waals surface area contributed by atoms with Crippen LogP contribution in [0, 0.1) is 0 Å². The van der Waals surface area contributed by atoms with Crippen molar-refractivity contribution in [3.8, 4) is 0 Å². The van der Waals surface area contributed by atoms with Crippen molar-refractivity contribution in [1.82, 2.24) is 5.32 Å². The summed E-state index contributed by atoms with van der Waals surface area (Å²) < 4.78 is 2.19. The summed E-state index contributed by atoms with van der Waals surface area (Å²) in [4.78, 5) is 21.5. The Bertz CT molecular complexity index is 274. The maximum Gasteiger partial charge on any atom is 0.330 e. The highest BCUT2D eigenvalue weighted by Crippen LogP contribution is 2.28. The zero-order chi connectivity index (χ0) is 12.1. The van der Waals surface area contributed by atoms with Gasteiger partial charge in [0.05, 0.1) is 7.11 Å². The normalized spacial score (nSPS) is 13.7. The Labute approximate surface area is 101 Å². The van der Waals surface area contributed by atoms with Crippen LogP contribution in [0.4, 0.5) is 0 Å². The Morgan fingerprint density at radius 2 is 1.93 bits per heavy atom. The van der Waals surface area contributed by atoms with Gasteiger partial charge in [-0.15, -0.1) is 0 Å². The number of hydrogen-bond acceptors (Lipinski definition) is 4. The molecule has 86 valence electrons. The Balaban J connectivity index is 4.16. The van der Waals surface area contributed by atoms with Gasteiger partial charge < -0.3 is 15.2 Å². The summed E-state index contributed by atoms with van der Waals surface area (Å²) in [5.74, 6) is -1.51. The minimum absolute atomic E-state index is 0.714. The van der Waals surface area contributed by atoms with Gasteiger partial charge in [0, 0.05) is 12.2 Å². The molecule has 1 atom stereocenters. The average Bonchev–Trinajstić information content (AvgIpc) is 2.12. The number of aliphatic hydroxyl groups is 1. The van der Waals surface area contributed by atoms with Crippen LogP contribution >= 0.6 is 34.8 Å². The van der Waals surface area contributed by atoms with Crippen LogP contribution in [0.3, 0.4) is 0 Å². The quantitative estimate of drug-likeness (QED) is 0.341. The second-order valence-corrected chi connectivity index (χ2v) is 4.68. The molecular formula is C7H8Cl3NO4. The van der Waals surface area contributed by atoms with Gasteiger partial charge >= 0.3 is 5.97 Å². The highest BCUT2D eigenvalue weighted by Gasteiger charge is 2.31. The molecule has 0 spiro atoms. The van der Waals surface area contributed by atoms with E-state index in [1.807, 2.05) is 5.32 Å². The Hall–Kier alpha value is -0.490. The molecule has 15 heavy (non-hydrogen) atoms. The second-order valence-electron chi connectivity index (χ2n) is 2.31. The summed E-state index contributed by atoms with van der Waals surface area (Å²) in [5, 5.41) is 11.0. The fourth-order valence-electron chi connectivity index (χ4n) is 0.476. The first-order valence-corrected chi connectivity index (χ1v) is 4.72. The molecule has 0 aromatic heterocycles. The molecule has 0 aliphatic rings. The zero-order valence-corrected chi connectivity index (χ0v) is 9.81. The highest BCUT2D eigenvalue weighted by atomic mass is 35.6. The standard InChI is InChI=1S/C7H8Cl3NO4/c1-15-5(13)3-2-4(12)11-6(14)7(8,9)10/h2-3,6,14H,1H3,(H,11,12)/b3-2-/t6-/m0/s1. The van der Waals surface area contributed by atoms with E-state index in [1.54, 1.807) is 0 Å². The molecule has 0 bridgehead atoms. The minimum atomic E-state index is -2.03. The number of alkyl halides is 3. The number of hydrogen-bond donors (Lipinski definition) is 2. The summed E-state index contributed by atoms with van der Waals surface area (Å²) in [6.45, 7) is 0. The number of carbonyl (C=O) groups excluding carboxylic acids is 2. The Morgan fingerprint density at radius 3 is 2.33 bits per heavy atom. The van der Waals surface area contributed by atoms with Crippen LogP contribution in [0.2, 0.25) is 0 Å². The lowest BCUT2D eigenvalue weighted by Gasteiger charge is -2.18. The minimum Gasteiger partial charge on any atom is -0.466 e. The molecule has 8 heteroatoms. The number of nitrogens with one attached hydrogen (secondary N) is 1. The van der Waals surface area contributed by atoms with Crippen LogP contribution in [-0.4, -0.2) is 34.1 Å². The lowest BCUT2D eigenvalue weighted by molar-refractivity contribution is -0.135. The fourth-order valence-corrected chi connectivity index (χ4v) is 0.640. The maximum absolute atomic E-state index is 11.0. The maximum atomic E-state index is 11.0.